The van der Waals surface area contributed by atoms with Crippen molar-refractivity contribution in [2.75, 3.05) is 6.61 Å². The molecule has 0 amide bonds. The average Bonchev–Trinajstić information content (AvgIpc) is 2.02. The molecule has 2 nitrogen and oxygen atoms in total. The Balaban J connectivity index is 2.35. The van der Waals surface area contributed by atoms with Crippen molar-refractivity contribution in [2.45, 2.75) is 18.9 Å². The van der Waals surface area contributed by atoms with Crippen LogP contribution in [0.5, 0.6) is 5.75 Å². The Morgan fingerprint density at radius 3 is 3.00 bits per heavy atom. The highest BCUT2D eigenvalue weighted by atomic mass is 16.5. The van der Waals surface area contributed by atoms with Gasteiger partial charge in [-0.2, -0.15) is 0 Å². The molecule has 2 heteroatoms. The number of rotatable bonds is 0. The molecule has 1 aliphatic rings. The fraction of sp³-hybridized carbons (Fsp3) is 0.400. The predicted molar refractivity (Wildman–Crippen MR) is 48.2 cm³/mol. The summed E-state index contributed by atoms with van der Waals surface area (Å²) >= 11 is 0. The van der Waals surface area contributed by atoms with Gasteiger partial charge in [-0.05, 0) is 25.0 Å². The van der Waals surface area contributed by atoms with Crippen molar-refractivity contribution < 1.29 is 4.74 Å². The molecule has 1 atom stereocenters. The SMILES string of the molecule is CC1(N)COc2ccccc2C1. The van der Waals surface area contributed by atoms with Crippen LogP contribution in [0.1, 0.15) is 12.5 Å². The fourth-order valence-electron chi connectivity index (χ4n) is 1.52. The van der Waals surface area contributed by atoms with Gasteiger partial charge in [0.2, 0.25) is 0 Å². The zero-order chi connectivity index (χ0) is 8.60. The van der Waals surface area contributed by atoms with Crippen molar-refractivity contribution in [3.05, 3.63) is 29.8 Å². The molecule has 0 aromatic heterocycles. The number of nitrogens with two attached hydrogens (primary N) is 1. The number of para-hydroxylation sites is 1. The Kier molecular flexibility index (Phi) is 1.58. The van der Waals surface area contributed by atoms with Gasteiger partial charge in [0.25, 0.3) is 0 Å². The first-order chi connectivity index (χ1) is 5.67. The third-order valence-corrected chi connectivity index (χ3v) is 2.12. The van der Waals surface area contributed by atoms with Crippen molar-refractivity contribution >= 4 is 0 Å². The summed E-state index contributed by atoms with van der Waals surface area (Å²) in [4.78, 5) is 0. The zero-order valence-corrected chi connectivity index (χ0v) is 7.21. The standard InChI is InChI=1S/C10H13NO/c1-10(11)6-8-4-2-3-5-9(8)12-7-10/h2-5H,6-7,11H2,1H3. The van der Waals surface area contributed by atoms with Crippen LogP contribution in [-0.2, 0) is 6.42 Å². The molecule has 12 heavy (non-hydrogen) atoms. The minimum absolute atomic E-state index is 0.200. The molecule has 0 bridgehead atoms. The van der Waals surface area contributed by atoms with E-state index >= 15 is 0 Å². The van der Waals surface area contributed by atoms with E-state index in [0.717, 1.165) is 12.2 Å². The summed E-state index contributed by atoms with van der Waals surface area (Å²) in [5.74, 6) is 0.987. The zero-order valence-electron chi connectivity index (χ0n) is 7.21. The maximum absolute atomic E-state index is 5.97. The molecule has 1 aromatic carbocycles. The van der Waals surface area contributed by atoms with E-state index in [1.807, 2.05) is 25.1 Å². The van der Waals surface area contributed by atoms with Crippen molar-refractivity contribution in [3.63, 3.8) is 0 Å². The van der Waals surface area contributed by atoms with E-state index in [9.17, 15) is 0 Å². The molecule has 2 rings (SSSR count). The maximum Gasteiger partial charge on any atom is 0.122 e. The lowest BCUT2D eigenvalue weighted by molar-refractivity contribution is 0.204. The molecule has 1 unspecified atom stereocenters. The first-order valence-electron chi connectivity index (χ1n) is 4.17. The largest absolute Gasteiger partial charge is 0.491 e. The highest BCUT2D eigenvalue weighted by molar-refractivity contribution is 5.36. The van der Waals surface area contributed by atoms with Crippen LogP contribution < -0.4 is 10.5 Å². The summed E-state index contributed by atoms with van der Waals surface area (Å²) in [7, 11) is 0. The Morgan fingerprint density at radius 2 is 2.17 bits per heavy atom. The highest BCUT2D eigenvalue weighted by Crippen LogP contribution is 2.27. The summed E-state index contributed by atoms with van der Waals surface area (Å²) in [6.07, 6.45) is 0.906. The first kappa shape index (κ1) is 7.62. The minimum Gasteiger partial charge on any atom is -0.491 e. The van der Waals surface area contributed by atoms with E-state index < -0.39 is 0 Å². The summed E-state index contributed by atoms with van der Waals surface area (Å²) < 4.78 is 5.51. The van der Waals surface area contributed by atoms with Crippen molar-refractivity contribution in [3.8, 4) is 5.75 Å². The van der Waals surface area contributed by atoms with E-state index in [1.54, 1.807) is 0 Å². The molecule has 64 valence electrons. The van der Waals surface area contributed by atoms with E-state index in [2.05, 4.69) is 6.07 Å². The molecule has 0 aliphatic carbocycles. The number of benzene rings is 1. The van der Waals surface area contributed by atoms with Gasteiger partial charge in [0.15, 0.2) is 0 Å². The number of ether oxygens (including phenoxy) is 1. The summed E-state index contributed by atoms with van der Waals surface area (Å²) in [6.45, 7) is 2.63. The second kappa shape index (κ2) is 2.49. The molecule has 0 saturated heterocycles. The Hall–Kier alpha value is -1.02. The lowest BCUT2D eigenvalue weighted by Crippen LogP contribution is -2.46. The molecule has 1 heterocycles. The van der Waals surface area contributed by atoms with Gasteiger partial charge < -0.3 is 10.5 Å². The topological polar surface area (TPSA) is 35.2 Å². The van der Waals surface area contributed by atoms with Crippen molar-refractivity contribution in [1.82, 2.24) is 0 Å². The third-order valence-electron chi connectivity index (χ3n) is 2.12. The van der Waals surface area contributed by atoms with Crippen LogP contribution in [0.2, 0.25) is 0 Å². The van der Waals surface area contributed by atoms with Crippen LogP contribution in [0.25, 0.3) is 0 Å². The van der Waals surface area contributed by atoms with Crippen molar-refractivity contribution in [2.24, 2.45) is 5.73 Å². The van der Waals surface area contributed by atoms with Gasteiger partial charge in [0.1, 0.15) is 12.4 Å². The Bertz CT molecular complexity index is 294. The maximum atomic E-state index is 5.97. The molecule has 0 radical (unpaired) electrons. The Morgan fingerprint density at radius 1 is 1.42 bits per heavy atom. The predicted octanol–water partition coefficient (Wildman–Crippen LogP) is 1.34. The van der Waals surface area contributed by atoms with Gasteiger partial charge in [-0.15, -0.1) is 0 Å². The fourth-order valence-corrected chi connectivity index (χ4v) is 1.52. The van der Waals surface area contributed by atoms with Crippen LogP contribution in [0.3, 0.4) is 0 Å². The van der Waals surface area contributed by atoms with Crippen LogP contribution in [-0.4, -0.2) is 12.1 Å². The Labute approximate surface area is 72.3 Å². The first-order valence-corrected chi connectivity index (χ1v) is 4.17. The summed E-state index contributed by atoms with van der Waals surface area (Å²) in [6, 6.07) is 8.06. The molecular formula is C10H13NO. The lowest BCUT2D eigenvalue weighted by atomic mass is 9.92. The minimum atomic E-state index is -0.200. The van der Waals surface area contributed by atoms with Crippen LogP contribution in [0.4, 0.5) is 0 Å². The van der Waals surface area contributed by atoms with Gasteiger partial charge in [-0.1, -0.05) is 18.2 Å². The molecule has 0 saturated carbocycles. The van der Waals surface area contributed by atoms with Gasteiger partial charge in [-0.3, -0.25) is 0 Å². The summed E-state index contributed by atoms with van der Waals surface area (Å²) in [5.41, 5.74) is 6.98. The van der Waals surface area contributed by atoms with Gasteiger partial charge in [0.05, 0.1) is 5.54 Å². The lowest BCUT2D eigenvalue weighted by Gasteiger charge is -2.31. The quantitative estimate of drug-likeness (QED) is 0.626. The highest BCUT2D eigenvalue weighted by Gasteiger charge is 2.26. The molecular weight excluding hydrogens is 150 g/mol. The van der Waals surface area contributed by atoms with Crippen LogP contribution >= 0.6 is 0 Å². The number of fused-ring (bicyclic) bond motifs is 1. The van der Waals surface area contributed by atoms with Crippen LogP contribution in [0, 0.1) is 0 Å². The molecule has 1 aliphatic heterocycles. The van der Waals surface area contributed by atoms with E-state index in [4.69, 9.17) is 10.5 Å². The van der Waals surface area contributed by atoms with Gasteiger partial charge >= 0.3 is 0 Å². The van der Waals surface area contributed by atoms with E-state index in [-0.39, 0.29) is 5.54 Å². The number of hydrogen-bond acceptors (Lipinski definition) is 2. The monoisotopic (exact) mass is 163 g/mol. The third kappa shape index (κ3) is 1.30. The molecule has 0 fully saturated rings. The van der Waals surface area contributed by atoms with Gasteiger partial charge in [-0.25, -0.2) is 0 Å². The number of hydrogen-bond donors (Lipinski definition) is 1. The molecule has 1 aromatic rings. The second-order valence-corrected chi connectivity index (χ2v) is 3.73. The van der Waals surface area contributed by atoms with E-state index in [1.165, 1.54) is 5.56 Å². The molecule has 0 spiro atoms. The van der Waals surface area contributed by atoms with Gasteiger partial charge in [0, 0.05) is 0 Å². The normalized spacial score (nSPS) is 27.5. The molecule has 2 N–H and O–H groups in total. The second-order valence-electron chi connectivity index (χ2n) is 3.73. The summed E-state index contributed by atoms with van der Waals surface area (Å²) in [5, 5.41) is 0. The van der Waals surface area contributed by atoms with Crippen LogP contribution in [0.15, 0.2) is 24.3 Å². The smallest absolute Gasteiger partial charge is 0.122 e. The average molecular weight is 163 g/mol. The van der Waals surface area contributed by atoms with Crippen molar-refractivity contribution in [1.29, 1.82) is 0 Å². The van der Waals surface area contributed by atoms with E-state index in [0.29, 0.717) is 6.61 Å².